The first kappa shape index (κ1) is 20.0. The molecule has 7 heteroatoms. The van der Waals surface area contributed by atoms with Crippen molar-refractivity contribution in [2.75, 3.05) is 0 Å². The van der Waals surface area contributed by atoms with Gasteiger partial charge in [0.1, 0.15) is 5.76 Å². The average Bonchev–Trinajstić information content (AvgIpc) is 3.34. The van der Waals surface area contributed by atoms with Crippen molar-refractivity contribution >= 4 is 34.5 Å². The van der Waals surface area contributed by atoms with E-state index in [2.05, 4.69) is 4.99 Å². The number of hydrogen-bond donors (Lipinski definition) is 1. The van der Waals surface area contributed by atoms with Gasteiger partial charge < -0.3 is 9.52 Å². The summed E-state index contributed by atoms with van der Waals surface area (Å²) in [6, 6.07) is 18.1. The minimum atomic E-state index is -0.989. The number of carboxylic acids is 1. The number of carboxylic acid groups (broad SMARTS) is 1. The van der Waals surface area contributed by atoms with Crippen LogP contribution in [-0.4, -0.2) is 32.3 Å². The van der Waals surface area contributed by atoms with Crippen molar-refractivity contribution in [1.29, 1.82) is 0 Å². The minimum Gasteiger partial charge on any atom is -0.478 e. The lowest BCUT2D eigenvalue weighted by Gasteiger charge is -2.15. The summed E-state index contributed by atoms with van der Waals surface area (Å²) in [5.41, 5.74) is 3.06. The molecule has 6 nitrogen and oxygen atoms in total. The first-order valence-corrected chi connectivity index (χ1v) is 10.4. The highest BCUT2D eigenvalue weighted by atomic mass is 32.2. The molecule has 1 saturated heterocycles. The number of nitrogens with zero attached hydrogens (tertiary/aromatic N) is 2. The number of rotatable bonds is 6. The zero-order valence-corrected chi connectivity index (χ0v) is 17.1. The second-order valence-corrected chi connectivity index (χ2v) is 8.22. The molecule has 0 saturated carbocycles. The van der Waals surface area contributed by atoms with Crippen molar-refractivity contribution in [1.82, 2.24) is 4.90 Å². The van der Waals surface area contributed by atoms with Gasteiger partial charge in [0.05, 0.1) is 29.3 Å². The van der Waals surface area contributed by atoms with Crippen molar-refractivity contribution in [2.45, 2.75) is 25.1 Å². The number of aromatic carboxylic acids is 1. The van der Waals surface area contributed by atoms with Crippen molar-refractivity contribution in [3.63, 3.8) is 0 Å². The highest BCUT2D eigenvalue weighted by Gasteiger charge is 2.38. The third-order valence-electron chi connectivity index (χ3n) is 4.79. The molecule has 1 atom stereocenters. The van der Waals surface area contributed by atoms with Crippen molar-refractivity contribution in [3.8, 4) is 0 Å². The predicted molar refractivity (Wildman–Crippen MR) is 116 cm³/mol. The predicted octanol–water partition coefficient (Wildman–Crippen LogP) is 4.66. The number of benzene rings is 2. The SMILES string of the molecule is Cc1ccc(CC2SC(=Nc3ccc(C(=O)O)cc3)N(Cc3ccco3)C2=O)cc1. The van der Waals surface area contributed by atoms with E-state index < -0.39 is 5.97 Å². The summed E-state index contributed by atoms with van der Waals surface area (Å²) in [5.74, 6) is -0.330. The van der Waals surface area contributed by atoms with Crippen LogP contribution in [0, 0.1) is 6.92 Å². The van der Waals surface area contributed by atoms with Crippen LogP contribution in [0.2, 0.25) is 0 Å². The molecule has 30 heavy (non-hydrogen) atoms. The van der Waals surface area contributed by atoms with Gasteiger partial charge in [0.25, 0.3) is 0 Å². The fourth-order valence-corrected chi connectivity index (χ4v) is 4.35. The van der Waals surface area contributed by atoms with Gasteiger partial charge >= 0.3 is 5.97 Å². The summed E-state index contributed by atoms with van der Waals surface area (Å²) in [6.07, 6.45) is 2.18. The number of aryl methyl sites for hydroxylation is 1. The Morgan fingerprint density at radius 1 is 1.13 bits per heavy atom. The number of thioether (sulfide) groups is 1. The molecule has 0 spiro atoms. The topological polar surface area (TPSA) is 83.1 Å². The Balaban J connectivity index is 1.60. The Kier molecular flexibility index (Phi) is 5.72. The molecule has 4 rings (SSSR count). The zero-order chi connectivity index (χ0) is 21.1. The molecular formula is C23H20N2O4S. The highest BCUT2D eigenvalue weighted by Crippen LogP contribution is 2.33. The second kappa shape index (κ2) is 8.59. The third kappa shape index (κ3) is 4.46. The fraction of sp³-hybridized carbons (Fsp3) is 0.174. The highest BCUT2D eigenvalue weighted by molar-refractivity contribution is 8.15. The summed E-state index contributed by atoms with van der Waals surface area (Å²) >= 11 is 1.42. The van der Waals surface area contributed by atoms with Crippen LogP contribution in [0.5, 0.6) is 0 Å². The van der Waals surface area contributed by atoms with E-state index in [1.54, 1.807) is 29.4 Å². The number of amidine groups is 1. The van der Waals surface area contributed by atoms with Crippen molar-refractivity contribution in [3.05, 3.63) is 89.4 Å². The number of carbonyl (C=O) groups is 2. The number of hydrogen-bond acceptors (Lipinski definition) is 5. The molecule has 1 amide bonds. The molecule has 1 fully saturated rings. The fourth-order valence-electron chi connectivity index (χ4n) is 3.16. The lowest BCUT2D eigenvalue weighted by Crippen LogP contribution is -2.32. The van der Waals surface area contributed by atoms with E-state index in [4.69, 9.17) is 9.52 Å². The van der Waals surface area contributed by atoms with E-state index in [1.165, 1.54) is 29.5 Å². The molecule has 0 aliphatic carbocycles. The first-order chi connectivity index (χ1) is 14.5. The van der Waals surface area contributed by atoms with E-state index in [0.29, 0.717) is 29.6 Å². The molecule has 2 aromatic carbocycles. The number of aliphatic imine (C=N–C) groups is 1. The zero-order valence-electron chi connectivity index (χ0n) is 16.3. The quantitative estimate of drug-likeness (QED) is 0.627. The molecule has 1 aliphatic rings. The standard InChI is InChI=1S/C23H20N2O4S/c1-15-4-6-16(7-5-15)13-20-21(26)25(14-19-3-2-12-29-19)23(30-20)24-18-10-8-17(9-11-18)22(27)28/h2-12,20H,13-14H2,1H3,(H,27,28). The molecule has 0 radical (unpaired) electrons. The molecule has 152 valence electrons. The van der Waals surface area contributed by atoms with Crippen LogP contribution in [0.1, 0.15) is 27.2 Å². The van der Waals surface area contributed by atoms with Gasteiger partial charge in [0.2, 0.25) is 5.91 Å². The molecule has 1 aliphatic heterocycles. The molecule has 2 heterocycles. The van der Waals surface area contributed by atoms with Crippen LogP contribution in [0.15, 0.2) is 76.3 Å². The van der Waals surface area contributed by atoms with Crippen molar-refractivity contribution < 1.29 is 19.1 Å². The van der Waals surface area contributed by atoms with Crippen LogP contribution >= 0.6 is 11.8 Å². The van der Waals surface area contributed by atoms with Crippen LogP contribution < -0.4 is 0 Å². The Hall–Kier alpha value is -3.32. The molecule has 1 N–H and O–H groups in total. The van der Waals surface area contributed by atoms with Crippen LogP contribution in [0.25, 0.3) is 0 Å². The molecular weight excluding hydrogens is 400 g/mol. The van der Waals surface area contributed by atoms with Gasteiger partial charge in [-0.25, -0.2) is 9.79 Å². The summed E-state index contributed by atoms with van der Waals surface area (Å²) in [6.45, 7) is 2.33. The average molecular weight is 420 g/mol. The Morgan fingerprint density at radius 3 is 2.50 bits per heavy atom. The second-order valence-electron chi connectivity index (χ2n) is 7.05. The van der Waals surface area contributed by atoms with Crippen molar-refractivity contribution in [2.24, 2.45) is 4.99 Å². The van der Waals surface area contributed by atoms with Gasteiger partial charge in [-0.15, -0.1) is 0 Å². The number of amides is 1. The third-order valence-corrected chi connectivity index (χ3v) is 5.97. The Labute approximate surface area is 178 Å². The van der Waals surface area contributed by atoms with E-state index in [9.17, 15) is 9.59 Å². The van der Waals surface area contributed by atoms with E-state index in [-0.39, 0.29) is 16.7 Å². The van der Waals surface area contributed by atoms with Gasteiger partial charge in [-0.2, -0.15) is 0 Å². The first-order valence-electron chi connectivity index (χ1n) is 9.47. The lowest BCUT2D eigenvalue weighted by atomic mass is 10.1. The maximum Gasteiger partial charge on any atom is 0.335 e. The normalized spacial score (nSPS) is 17.6. The largest absolute Gasteiger partial charge is 0.478 e. The van der Waals surface area contributed by atoms with E-state index >= 15 is 0 Å². The maximum atomic E-state index is 13.2. The van der Waals surface area contributed by atoms with E-state index in [0.717, 1.165) is 5.56 Å². The summed E-state index contributed by atoms with van der Waals surface area (Å²) in [4.78, 5) is 30.5. The van der Waals surface area contributed by atoms with E-state index in [1.807, 2.05) is 37.3 Å². The Morgan fingerprint density at radius 2 is 1.87 bits per heavy atom. The summed E-state index contributed by atoms with van der Waals surface area (Å²) < 4.78 is 5.43. The summed E-state index contributed by atoms with van der Waals surface area (Å²) in [5, 5.41) is 9.37. The molecule has 3 aromatic rings. The molecule has 1 unspecified atom stereocenters. The smallest absolute Gasteiger partial charge is 0.335 e. The van der Waals surface area contributed by atoms with Crippen LogP contribution in [0.4, 0.5) is 5.69 Å². The van der Waals surface area contributed by atoms with Gasteiger partial charge in [-0.3, -0.25) is 9.69 Å². The van der Waals surface area contributed by atoms with Gasteiger partial charge in [0, 0.05) is 0 Å². The minimum absolute atomic E-state index is 0.0159. The molecule has 0 bridgehead atoms. The molecule has 1 aromatic heterocycles. The van der Waals surface area contributed by atoms with Crippen LogP contribution in [-0.2, 0) is 17.8 Å². The van der Waals surface area contributed by atoms with Gasteiger partial charge in [0.15, 0.2) is 5.17 Å². The monoisotopic (exact) mass is 420 g/mol. The number of furan rings is 1. The van der Waals surface area contributed by atoms with Gasteiger partial charge in [-0.1, -0.05) is 41.6 Å². The Bertz CT molecular complexity index is 1070. The summed E-state index contributed by atoms with van der Waals surface area (Å²) in [7, 11) is 0. The van der Waals surface area contributed by atoms with Gasteiger partial charge in [-0.05, 0) is 55.3 Å². The lowest BCUT2D eigenvalue weighted by molar-refractivity contribution is -0.126. The van der Waals surface area contributed by atoms with Crippen LogP contribution in [0.3, 0.4) is 0 Å². The number of carbonyl (C=O) groups excluding carboxylic acids is 1. The maximum absolute atomic E-state index is 13.2.